The number of hydrogen-bond acceptors (Lipinski definition) is 5. The Bertz CT molecular complexity index is 1390. The number of sulfone groups is 1. The second kappa shape index (κ2) is 10.2. The number of amides is 1. The number of nitrogens with one attached hydrogen (secondary N) is 1. The maximum Gasteiger partial charge on any atom is 0.435 e. The molecule has 0 aliphatic carbocycles. The van der Waals surface area contributed by atoms with Gasteiger partial charge in [-0.15, -0.1) is 0 Å². The predicted octanol–water partition coefficient (Wildman–Crippen LogP) is 5.62. The van der Waals surface area contributed by atoms with Crippen LogP contribution in [0.2, 0.25) is 5.02 Å². The van der Waals surface area contributed by atoms with Crippen LogP contribution in [0, 0.1) is 0 Å². The van der Waals surface area contributed by atoms with Crippen molar-refractivity contribution >= 4 is 33.1 Å². The van der Waals surface area contributed by atoms with Crippen LogP contribution in [0.3, 0.4) is 0 Å². The monoisotopic (exact) mass is 610 g/mol. The number of halogens is 10. The summed E-state index contributed by atoms with van der Waals surface area (Å²) < 4.78 is 145. The van der Waals surface area contributed by atoms with Crippen LogP contribution >= 0.6 is 11.6 Å². The van der Waals surface area contributed by atoms with Gasteiger partial charge in [-0.3, -0.25) is 4.79 Å². The van der Waals surface area contributed by atoms with E-state index in [2.05, 4.69) is 15.3 Å². The van der Waals surface area contributed by atoms with Gasteiger partial charge in [-0.2, -0.15) is 39.5 Å². The zero-order valence-electron chi connectivity index (χ0n) is 19.4. The molecule has 6 nitrogen and oxygen atoms in total. The molecule has 0 fully saturated rings. The molecule has 0 saturated heterocycles. The van der Waals surface area contributed by atoms with Crippen molar-refractivity contribution in [2.75, 3.05) is 12.0 Å². The van der Waals surface area contributed by atoms with Crippen LogP contribution in [0.1, 0.15) is 34.2 Å². The highest BCUT2D eigenvalue weighted by molar-refractivity contribution is 7.91. The van der Waals surface area contributed by atoms with Crippen LogP contribution in [0.5, 0.6) is 0 Å². The number of benzene rings is 2. The number of nitrogens with zero attached hydrogens (tertiary/aromatic N) is 1. The molecule has 0 radical (unpaired) electrons. The van der Waals surface area contributed by atoms with Crippen molar-refractivity contribution in [1.82, 2.24) is 5.32 Å². The number of hydrogen-bond donors (Lipinski definition) is 1. The lowest BCUT2D eigenvalue weighted by Gasteiger charge is -2.30. The van der Waals surface area contributed by atoms with Gasteiger partial charge in [0.05, 0.1) is 16.8 Å². The molecule has 1 aliphatic rings. The molecule has 214 valence electrons. The standard InChI is InChI=1S/C22H16ClF9N2O4S/c1-39(36,37)10-18(35)33-9-12-3-2-11(4-16(12)23)17-8-19(38-34-17,22(30,31)32)13-5-14(20(24,25)26)7-15(6-13)21(27,28)29/h2-7H,8-10H2,1H3,(H,33,35). The SMILES string of the molecule is CS(=O)(=O)CC(=O)NCc1ccc(C2=NOC(c3cc(C(F)(F)F)cc(C(F)(F)F)c3)(C(F)(F)F)C2)cc1Cl. The summed E-state index contributed by atoms with van der Waals surface area (Å²) in [5.74, 6) is -1.65. The zero-order valence-corrected chi connectivity index (χ0v) is 20.9. The second-order valence-electron chi connectivity index (χ2n) is 8.58. The maximum atomic E-state index is 14.2. The molecule has 1 unspecified atom stereocenters. The van der Waals surface area contributed by atoms with E-state index in [0.29, 0.717) is 0 Å². The molecule has 1 amide bonds. The average Bonchev–Trinajstić information content (AvgIpc) is 3.22. The predicted molar refractivity (Wildman–Crippen MR) is 119 cm³/mol. The first kappa shape index (κ1) is 30.5. The first-order valence-corrected chi connectivity index (χ1v) is 12.9. The fourth-order valence-electron chi connectivity index (χ4n) is 3.60. The molecule has 1 atom stereocenters. The van der Waals surface area contributed by atoms with Crippen molar-refractivity contribution in [3.05, 3.63) is 69.2 Å². The minimum absolute atomic E-state index is 0.0730. The smallest absolute Gasteiger partial charge is 0.374 e. The summed E-state index contributed by atoms with van der Waals surface area (Å²) in [5.41, 5.74) is -9.40. The number of alkyl halides is 9. The number of oxime groups is 1. The molecule has 1 aliphatic heterocycles. The number of carbonyl (C=O) groups is 1. The van der Waals surface area contributed by atoms with Crippen LogP contribution in [-0.2, 0) is 44.0 Å². The van der Waals surface area contributed by atoms with E-state index in [1.54, 1.807) is 0 Å². The lowest BCUT2D eigenvalue weighted by molar-refractivity contribution is -0.276. The van der Waals surface area contributed by atoms with Gasteiger partial charge in [0.25, 0.3) is 5.60 Å². The summed E-state index contributed by atoms with van der Waals surface area (Å²) in [5, 5.41) is 5.48. The van der Waals surface area contributed by atoms with Crippen LogP contribution < -0.4 is 5.32 Å². The van der Waals surface area contributed by atoms with Crippen molar-refractivity contribution < 1.29 is 57.6 Å². The highest BCUT2D eigenvalue weighted by Gasteiger charge is 2.63. The molecule has 17 heteroatoms. The first-order valence-electron chi connectivity index (χ1n) is 10.5. The molecule has 2 aromatic carbocycles. The van der Waals surface area contributed by atoms with Crippen molar-refractivity contribution in [2.45, 2.75) is 37.1 Å². The largest absolute Gasteiger partial charge is 0.435 e. The van der Waals surface area contributed by atoms with Crippen molar-refractivity contribution in [2.24, 2.45) is 5.16 Å². The Morgan fingerprint density at radius 2 is 1.56 bits per heavy atom. The van der Waals surface area contributed by atoms with Gasteiger partial charge in [-0.05, 0) is 29.8 Å². The maximum absolute atomic E-state index is 14.2. The van der Waals surface area contributed by atoms with Gasteiger partial charge in [-0.25, -0.2) is 8.42 Å². The topological polar surface area (TPSA) is 84.8 Å². The summed E-state index contributed by atoms with van der Waals surface area (Å²) in [4.78, 5) is 16.2. The fraction of sp³-hybridized carbons (Fsp3) is 0.364. The van der Waals surface area contributed by atoms with Crippen LogP contribution in [-0.4, -0.2) is 38.2 Å². The van der Waals surface area contributed by atoms with Crippen molar-refractivity contribution in [3.8, 4) is 0 Å². The first-order chi connectivity index (χ1) is 17.6. The molecule has 2 aromatic rings. The molecule has 1 N–H and O–H groups in total. The molecular weight excluding hydrogens is 595 g/mol. The summed E-state index contributed by atoms with van der Waals surface area (Å²) in [6.07, 6.45) is -16.7. The highest BCUT2D eigenvalue weighted by Crippen LogP contribution is 2.51. The van der Waals surface area contributed by atoms with Gasteiger partial charge in [0.2, 0.25) is 5.91 Å². The van der Waals surface area contributed by atoms with Gasteiger partial charge in [0.15, 0.2) is 9.84 Å². The molecule has 0 bridgehead atoms. The van der Waals surface area contributed by atoms with Gasteiger partial charge >= 0.3 is 18.5 Å². The lowest BCUT2D eigenvalue weighted by Crippen LogP contribution is -2.43. The number of rotatable bonds is 6. The summed E-state index contributed by atoms with van der Waals surface area (Å²) >= 11 is 6.11. The van der Waals surface area contributed by atoms with E-state index < -0.39 is 74.5 Å². The Labute approximate surface area is 219 Å². The summed E-state index contributed by atoms with van der Waals surface area (Å²) in [7, 11) is -3.62. The van der Waals surface area contributed by atoms with E-state index in [-0.39, 0.29) is 40.9 Å². The molecule has 0 saturated carbocycles. The Morgan fingerprint density at radius 3 is 2.03 bits per heavy atom. The molecule has 0 spiro atoms. The highest BCUT2D eigenvalue weighted by atomic mass is 35.5. The lowest BCUT2D eigenvalue weighted by atomic mass is 9.84. The van der Waals surface area contributed by atoms with E-state index in [4.69, 9.17) is 11.6 Å². The Morgan fingerprint density at radius 1 is 1.00 bits per heavy atom. The Kier molecular flexibility index (Phi) is 7.98. The molecule has 1 heterocycles. The molecular formula is C22H16ClF9N2O4S. The van der Waals surface area contributed by atoms with Gasteiger partial charge < -0.3 is 10.2 Å². The molecule has 3 rings (SSSR count). The van der Waals surface area contributed by atoms with E-state index in [9.17, 15) is 52.7 Å². The Balaban J connectivity index is 1.95. The quantitative estimate of drug-likeness (QED) is 0.431. The van der Waals surface area contributed by atoms with Crippen LogP contribution in [0.15, 0.2) is 41.6 Å². The van der Waals surface area contributed by atoms with Gasteiger partial charge in [-0.1, -0.05) is 28.9 Å². The van der Waals surface area contributed by atoms with E-state index in [1.807, 2.05) is 0 Å². The zero-order chi connectivity index (χ0) is 29.6. The minimum atomic E-state index is -5.50. The number of carbonyl (C=O) groups excluding carboxylic acids is 1. The van der Waals surface area contributed by atoms with Crippen molar-refractivity contribution in [3.63, 3.8) is 0 Å². The van der Waals surface area contributed by atoms with Gasteiger partial charge in [0.1, 0.15) is 5.75 Å². The summed E-state index contributed by atoms with van der Waals surface area (Å²) in [6, 6.07) is 3.08. The third kappa shape index (κ3) is 6.96. The van der Waals surface area contributed by atoms with Crippen LogP contribution in [0.4, 0.5) is 39.5 Å². The molecule has 39 heavy (non-hydrogen) atoms. The third-order valence-corrected chi connectivity index (χ3v) is 6.63. The minimum Gasteiger partial charge on any atom is -0.374 e. The normalized spacial score (nSPS) is 18.5. The van der Waals surface area contributed by atoms with E-state index in [0.717, 1.165) is 12.3 Å². The summed E-state index contributed by atoms with van der Waals surface area (Å²) in [6.45, 7) is -0.257. The van der Waals surface area contributed by atoms with Crippen LogP contribution in [0.25, 0.3) is 0 Å². The van der Waals surface area contributed by atoms with Gasteiger partial charge in [0, 0.05) is 35.4 Å². The van der Waals surface area contributed by atoms with E-state index in [1.165, 1.54) is 12.1 Å². The third-order valence-electron chi connectivity index (χ3n) is 5.50. The fourth-order valence-corrected chi connectivity index (χ4v) is 4.43. The Hall–Kier alpha value is -3.01. The van der Waals surface area contributed by atoms with E-state index >= 15 is 0 Å². The average molecular weight is 611 g/mol. The van der Waals surface area contributed by atoms with Crippen molar-refractivity contribution in [1.29, 1.82) is 0 Å². The molecule has 0 aromatic heterocycles. The second-order valence-corrected chi connectivity index (χ2v) is 11.1.